The number of hydrogen-bond acceptors (Lipinski definition) is 4. The summed E-state index contributed by atoms with van der Waals surface area (Å²) in [6, 6.07) is 7.93. The van der Waals surface area contributed by atoms with Gasteiger partial charge >= 0.3 is 0 Å². The minimum absolute atomic E-state index is 0.0811. The van der Waals surface area contributed by atoms with Crippen molar-refractivity contribution in [2.75, 3.05) is 32.8 Å². The predicted molar refractivity (Wildman–Crippen MR) is 84.3 cm³/mol. The van der Waals surface area contributed by atoms with Crippen LogP contribution in [-0.2, 0) is 4.74 Å². The Morgan fingerprint density at radius 1 is 1.45 bits per heavy atom. The Bertz CT molecular complexity index is 520. The lowest BCUT2D eigenvalue weighted by atomic mass is 10.1. The van der Waals surface area contributed by atoms with Crippen LogP contribution in [0.3, 0.4) is 0 Å². The quantitative estimate of drug-likeness (QED) is 0.899. The van der Waals surface area contributed by atoms with Gasteiger partial charge in [-0.05, 0) is 38.4 Å². The van der Waals surface area contributed by atoms with E-state index in [0.29, 0.717) is 30.5 Å². The van der Waals surface area contributed by atoms with Gasteiger partial charge in [0.15, 0.2) is 0 Å². The van der Waals surface area contributed by atoms with Crippen molar-refractivity contribution in [3.8, 4) is 5.75 Å². The van der Waals surface area contributed by atoms with E-state index in [0.717, 1.165) is 19.7 Å². The number of nitrogens with one attached hydrogen (secondary N) is 1. The molecule has 5 heteroatoms. The fourth-order valence-corrected chi connectivity index (χ4v) is 3.25. The smallest absolute Gasteiger partial charge is 0.255 e. The molecule has 22 heavy (non-hydrogen) atoms. The lowest BCUT2D eigenvalue weighted by Crippen LogP contribution is -2.50. The average molecular weight is 304 g/mol. The number of benzene rings is 1. The minimum Gasteiger partial charge on any atom is -0.493 e. The van der Waals surface area contributed by atoms with Gasteiger partial charge in [-0.1, -0.05) is 12.1 Å². The summed E-state index contributed by atoms with van der Waals surface area (Å²) in [7, 11) is 0. The van der Waals surface area contributed by atoms with Crippen LogP contribution in [0, 0.1) is 0 Å². The van der Waals surface area contributed by atoms with Crippen LogP contribution in [0.5, 0.6) is 5.75 Å². The van der Waals surface area contributed by atoms with E-state index in [1.54, 1.807) is 6.07 Å². The molecule has 2 aliphatic heterocycles. The van der Waals surface area contributed by atoms with Gasteiger partial charge in [0, 0.05) is 19.1 Å². The molecular weight excluding hydrogens is 280 g/mol. The molecule has 1 N–H and O–H groups in total. The molecule has 0 radical (unpaired) electrons. The summed E-state index contributed by atoms with van der Waals surface area (Å²) in [4.78, 5) is 14.8. The number of carbonyl (C=O) groups is 1. The number of hydrogen-bond donors (Lipinski definition) is 1. The monoisotopic (exact) mass is 304 g/mol. The molecule has 120 valence electrons. The van der Waals surface area contributed by atoms with E-state index in [2.05, 4.69) is 10.2 Å². The van der Waals surface area contributed by atoms with Crippen LogP contribution in [0.25, 0.3) is 0 Å². The molecule has 2 fully saturated rings. The SMILES string of the molecule is CCOc1ccccc1C(=O)NC[C@H]1CN2CCC[C@@H]2CO1. The predicted octanol–water partition coefficient (Wildman–Crippen LogP) is 1.68. The molecule has 2 aliphatic rings. The Kier molecular flexibility index (Phi) is 4.95. The third-order valence-corrected chi connectivity index (χ3v) is 4.38. The molecule has 3 rings (SSSR count). The fraction of sp³-hybridized carbons (Fsp3) is 0.588. The number of para-hydroxylation sites is 1. The van der Waals surface area contributed by atoms with Crippen molar-refractivity contribution in [2.45, 2.75) is 31.9 Å². The number of nitrogens with zero attached hydrogens (tertiary/aromatic N) is 1. The van der Waals surface area contributed by atoms with Crippen LogP contribution >= 0.6 is 0 Å². The van der Waals surface area contributed by atoms with Gasteiger partial charge in [-0.15, -0.1) is 0 Å². The summed E-state index contributed by atoms with van der Waals surface area (Å²) in [6.45, 7) is 5.87. The highest BCUT2D eigenvalue weighted by molar-refractivity contribution is 5.96. The van der Waals surface area contributed by atoms with Crippen molar-refractivity contribution in [1.82, 2.24) is 10.2 Å². The van der Waals surface area contributed by atoms with Gasteiger partial charge in [0.2, 0.25) is 0 Å². The average Bonchev–Trinajstić information content (AvgIpc) is 3.01. The standard InChI is InChI=1S/C17H24N2O3/c1-2-21-16-8-4-3-7-15(16)17(20)18-10-14-11-19-9-5-6-13(19)12-22-14/h3-4,7-8,13-14H,2,5-6,9-12H2,1H3,(H,18,20)/t13-,14+/m1/s1. The molecule has 1 aromatic carbocycles. The third kappa shape index (κ3) is 3.42. The normalized spacial score (nSPS) is 24.8. The molecule has 0 unspecified atom stereocenters. The van der Waals surface area contributed by atoms with Crippen molar-refractivity contribution >= 4 is 5.91 Å². The summed E-state index contributed by atoms with van der Waals surface area (Å²) >= 11 is 0. The summed E-state index contributed by atoms with van der Waals surface area (Å²) in [6.07, 6.45) is 2.58. The van der Waals surface area contributed by atoms with E-state index >= 15 is 0 Å². The molecule has 2 heterocycles. The van der Waals surface area contributed by atoms with E-state index < -0.39 is 0 Å². The molecule has 0 saturated carbocycles. The van der Waals surface area contributed by atoms with Crippen LogP contribution in [0.4, 0.5) is 0 Å². The Hall–Kier alpha value is -1.59. The third-order valence-electron chi connectivity index (χ3n) is 4.38. The van der Waals surface area contributed by atoms with Crippen molar-refractivity contribution in [2.24, 2.45) is 0 Å². The summed E-state index contributed by atoms with van der Waals surface area (Å²) in [5.74, 6) is 0.530. The molecule has 0 spiro atoms. The van der Waals surface area contributed by atoms with E-state index in [-0.39, 0.29) is 12.0 Å². The van der Waals surface area contributed by atoms with Crippen LogP contribution in [0.1, 0.15) is 30.1 Å². The fourth-order valence-electron chi connectivity index (χ4n) is 3.25. The van der Waals surface area contributed by atoms with Crippen molar-refractivity contribution in [1.29, 1.82) is 0 Å². The summed E-state index contributed by atoms with van der Waals surface area (Å²) in [5, 5.41) is 2.98. The Balaban J connectivity index is 1.54. The zero-order valence-corrected chi connectivity index (χ0v) is 13.1. The number of carbonyl (C=O) groups excluding carboxylic acids is 1. The molecule has 0 aromatic heterocycles. The van der Waals surface area contributed by atoms with Crippen LogP contribution in [0.15, 0.2) is 24.3 Å². The molecule has 2 saturated heterocycles. The van der Waals surface area contributed by atoms with Crippen LogP contribution < -0.4 is 10.1 Å². The van der Waals surface area contributed by atoms with Gasteiger partial charge in [0.05, 0.1) is 24.9 Å². The second-order valence-corrected chi connectivity index (χ2v) is 5.89. The Morgan fingerprint density at radius 3 is 3.18 bits per heavy atom. The van der Waals surface area contributed by atoms with Gasteiger partial charge in [-0.3, -0.25) is 9.69 Å². The van der Waals surface area contributed by atoms with Crippen molar-refractivity contribution in [3.63, 3.8) is 0 Å². The topological polar surface area (TPSA) is 50.8 Å². The minimum atomic E-state index is -0.101. The molecule has 2 atom stereocenters. The Labute approximate surface area is 131 Å². The van der Waals surface area contributed by atoms with Gasteiger partial charge in [-0.25, -0.2) is 0 Å². The maximum Gasteiger partial charge on any atom is 0.255 e. The number of fused-ring (bicyclic) bond motifs is 1. The first-order valence-electron chi connectivity index (χ1n) is 8.13. The van der Waals surface area contributed by atoms with E-state index in [9.17, 15) is 4.79 Å². The van der Waals surface area contributed by atoms with E-state index in [1.807, 2.05) is 25.1 Å². The highest BCUT2D eigenvalue weighted by atomic mass is 16.5. The zero-order valence-electron chi connectivity index (χ0n) is 13.1. The van der Waals surface area contributed by atoms with E-state index in [1.165, 1.54) is 12.8 Å². The maximum absolute atomic E-state index is 12.4. The highest BCUT2D eigenvalue weighted by Gasteiger charge is 2.32. The summed E-state index contributed by atoms with van der Waals surface area (Å²) in [5.41, 5.74) is 0.583. The largest absolute Gasteiger partial charge is 0.493 e. The van der Waals surface area contributed by atoms with Crippen molar-refractivity contribution < 1.29 is 14.3 Å². The van der Waals surface area contributed by atoms with Gasteiger partial charge in [0.1, 0.15) is 5.75 Å². The van der Waals surface area contributed by atoms with Gasteiger partial charge in [-0.2, -0.15) is 0 Å². The van der Waals surface area contributed by atoms with Crippen LogP contribution in [-0.4, -0.2) is 55.8 Å². The molecule has 0 bridgehead atoms. The van der Waals surface area contributed by atoms with Crippen LogP contribution in [0.2, 0.25) is 0 Å². The second kappa shape index (κ2) is 7.11. The number of rotatable bonds is 5. The number of morpholine rings is 1. The number of amides is 1. The first-order chi connectivity index (χ1) is 10.8. The second-order valence-electron chi connectivity index (χ2n) is 5.89. The molecule has 0 aliphatic carbocycles. The summed E-state index contributed by atoms with van der Waals surface area (Å²) < 4.78 is 11.4. The lowest BCUT2D eigenvalue weighted by Gasteiger charge is -2.35. The number of ether oxygens (including phenoxy) is 2. The molecule has 1 aromatic rings. The first kappa shape index (κ1) is 15.3. The lowest BCUT2D eigenvalue weighted by molar-refractivity contribution is -0.0461. The molecule has 1 amide bonds. The van der Waals surface area contributed by atoms with Crippen molar-refractivity contribution in [3.05, 3.63) is 29.8 Å². The Morgan fingerprint density at radius 2 is 2.32 bits per heavy atom. The molecular formula is C17H24N2O3. The molecule has 5 nitrogen and oxygen atoms in total. The maximum atomic E-state index is 12.4. The van der Waals surface area contributed by atoms with Gasteiger partial charge in [0.25, 0.3) is 5.91 Å². The zero-order chi connectivity index (χ0) is 15.4. The van der Waals surface area contributed by atoms with Gasteiger partial charge < -0.3 is 14.8 Å². The van der Waals surface area contributed by atoms with E-state index in [4.69, 9.17) is 9.47 Å². The first-order valence-corrected chi connectivity index (χ1v) is 8.13. The highest BCUT2D eigenvalue weighted by Crippen LogP contribution is 2.22.